The Bertz CT molecular complexity index is 325. The molecule has 0 radical (unpaired) electrons. The zero-order chi connectivity index (χ0) is 11.4. The molecule has 0 heterocycles. The Morgan fingerprint density at radius 1 is 1.47 bits per heavy atom. The van der Waals surface area contributed by atoms with Crippen molar-refractivity contribution in [2.45, 2.75) is 25.8 Å². The first-order valence-corrected chi connectivity index (χ1v) is 5.50. The van der Waals surface area contributed by atoms with Crippen LogP contribution in [0.3, 0.4) is 0 Å². The smallest absolute Gasteiger partial charge is 0.123 e. The van der Waals surface area contributed by atoms with Crippen LogP contribution in [0.4, 0.5) is 4.39 Å². The Labute approximate surface area is 95.8 Å². The maximum Gasteiger partial charge on any atom is 0.123 e. The van der Waals surface area contributed by atoms with E-state index < -0.39 is 0 Å². The molecular weight excluding hydrogens is 213 g/mol. The van der Waals surface area contributed by atoms with Crippen LogP contribution in [0.15, 0.2) is 18.2 Å². The van der Waals surface area contributed by atoms with Crippen LogP contribution in [-0.2, 0) is 6.54 Å². The van der Waals surface area contributed by atoms with Gasteiger partial charge in [-0.2, -0.15) is 0 Å². The molecule has 3 heteroatoms. The molecule has 0 aliphatic heterocycles. The van der Waals surface area contributed by atoms with Gasteiger partial charge < -0.3 is 4.90 Å². The third-order valence-electron chi connectivity index (χ3n) is 2.31. The van der Waals surface area contributed by atoms with E-state index in [1.54, 1.807) is 6.07 Å². The summed E-state index contributed by atoms with van der Waals surface area (Å²) in [5.74, 6) is -0.178. The van der Waals surface area contributed by atoms with Gasteiger partial charge >= 0.3 is 0 Å². The van der Waals surface area contributed by atoms with Crippen molar-refractivity contribution in [3.63, 3.8) is 0 Å². The van der Waals surface area contributed by atoms with Crippen molar-refractivity contribution in [2.24, 2.45) is 0 Å². The van der Waals surface area contributed by atoms with Crippen molar-refractivity contribution in [2.75, 3.05) is 13.6 Å². The van der Waals surface area contributed by atoms with Crippen LogP contribution in [0.2, 0.25) is 0 Å². The van der Waals surface area contributed by atoms with E-state index in [4.69, 9.17) is 11.6 Å². The summed E-state index contributed by atoms with van der Waals surface area (Å²) in [6.07, 6.45) is 0. The van der Waals surface area contributed by atoms with Crippen LogP contribution < -0.4 is 0 Å². The lowest BCUT2D eigenvalue weighted by Gasteiger charge is -2.19. The van der Waals surface area contributed by atoms with Crippen LogP contribution in [0.5, 0.6) is 0 Å². The van der Waals surface area contributed by atoms with E-state index in [0.717, 1.165) is 24.2 Å². The van der Waals surface area contributed by atoms with Gasteiger partial charge in [0.1, 0.15) is 5.82 Å². The minimum atomic E-state index is -0.178. The number of halogens is 2. The molecule has 0 amide bonds. The molecule has 15 heavy (non-hydrogen) atoms. The van der Waals surface area contributed by atoms with E-state index >= 15 is 0 Å². The van der Waals surface area contributed by atoms with Crippen molar-refractivity contribution in [1.82, 2.24) is 4.90 Å². The number of rotatable bonds is 4. The van der Waals surface area contributed by atoms with E-state index in [2.05, 4.69) is 4.90 Å². The fourth-order valence-electron chi connectivity index (χ4n) is 1.60. The monoisotopic (exact) mass is 229 g/mol. The van der Waals surface area contributed by atoms with Gasteiger partial charge in [0, 0.05) is 18.5 Å². The summed E-state index contributed by atoms with van der Waals surface area (Å²) >= 11 is 5.89. The topological polar surface area (TPSA) is 3.24 Å². The van der Waals surface area contributed by atoms with E-state index in [9.17, 15) is 4.39 Å². The Hall–Kier alpha value is -0.600. The lowest BCUT2D eigenvalue weighted by molar-refractivity contribution is 0.328. The number of hydrogen-bond acceptors (Lipinski definition) is 1. The van der Waals surface area contributed by atoms with Crippen molar-refractivity contribution < 1.29 is 4.39 Å². The first-order valence-electron chi connectivity index (χ1n) is 5.06. The Kier molecular flexibility index (Phi) is 4.55. The second kappa shape index (κ2) is 5.47. The summed E-state index contributed by atoms with van der Waals surface area (Å²) in [4.78, 5) is 2.10. The van der Waals surface area contributed by atoms with Gasteiger partial charge in [-0.25, -0.2) is 4.39 Å². The number of hydrogen-bond donors (Lipinski definition) is 0. The quantitative estimate of drug-likeness (QED) is 0.717. The molecule has 84 valence electrons. The van der Waals surface area contributed by atoms with Gasteiger partial charge in [0.15, 0.2) is 0 Å². The lowest BCUT2D eigenvalue weighted by Crippen LogP contribution is -2.24. The molecule has 1 aromatic rings. The van der Waals surface area contributed by atoms with Crippen LogP contribution in [0, 0.1) is 12.7 Å². The summed E-state index contributed by atoms with van der Waals surface area (Å²) in [6.45, 7) is 5.49. The number of benzene rings is 1. The third kappa shape index (κ3) is 4.18. The maximum absolute atomic E-state index is 13.0. The van der Waals surface area contributed by atoms with Crippen molar-refractivity contribution in [3.05, 3.63) is 35.1 Å². The van der Waals surface area contributed by atoms with Crippen LogP contribution in [-0.4, -0.2) is 23.9 Å². The SMILES string of the molecule is Cc1ccc(F)cc1CN(C)CC(C)Cl. The maximum atomic E-state index is 13.0. The Morgan fingerprint density at radius 2 is 2.13 bits per heavy atom. The average molecular weight is 230 g/mol. The van der Waals surface area contributed by atoms with Crippen molar-refractivity contribution in [3.8, 4) is 0 Å². The second-order valence-corrected chi connectivity index (χ2v) is 4.79. The molecule has 0 spiro atoms. The highest BCUT2D eigenvalue weighted by Gasteiger charge is 2.06. The van der Waals surface area contributed by atoms with Gasteiger partial charge in [-0.1, -0.05) is 6.07 Å². The molecule has 0 N–H and O–H groups in total. The molecule has 0 saturated carbocycles. The molecular formula is C12H17ClFN. The minimum absolute atomic E-state index is 0.115. The molecule has 1 rings (SSSR count). The molecule has 0 saturated heterocycles. The summed E-state index contributed by atoms with van der Waals surface area (Å²) in [5, 5.41) is 0.115. The number of nitrogens with zero attached hydrogens (tertiary/aromatic N) is 1. The number of aryl methyl sites for hydroxylation is 1. The van der Waals surface area contributed by atoms with E-state index in [0.29, 0.717) is 0 Å². The predicted octanol–water partition coefficient (Wildman–Crippen LogP) is 3.19. The number of alkyl halides is 1. The average Bonchev–Trinajstić information content (AvgIpc) is 2.10. The molecule has 1 nitrogen and oxygen atoms in total. The highest BCUT2D eigenvalue weighted by Crippen LogP contribution is 2.12. The summed E-state index contributed by atoms with van der Waals surface area (Å²) < 4.78 is 13.0. The first kappa shape index (κ1) is 12.5. The van der Waals surface area contributed by atoms with Crippen LogP contribution in [0.25, 0.3) is 0 Å². The largest absolute Gasteiger partial charge is 0.301 e. The second-order valence-electron chi connectivity index (χ2n) is 4.05. The zero-order valence-electron chi connectivity index (χ0n) is 9.43. The molecule has 0 fully saturated rings. The summed E-state index contributed by atoms with van der Waals surface area (Å²) in [6, 6.07) is 4.89. The predicted molar refractivity (Wildman–Crippen MR) is 62.8 cm³/mol. The molecule has 1 unspecified atom stereocenters. The lowest BCUT2D eigenvalue weighted by atomic mass is 10.1. The molecule has 1 atom stereocenters. The summed E-state index contributed by atoms with van der Waals surface area (Å²) in [7, 11) is 1.99. The molecule has 0 aliphatic rings. The van der Waals surface area contributed by atoms with Crippen LogP contribution >= 0.6 is 11.6 Å². The van der Waals surface area contributed by atoms with E-state index in [1.165, 1.54) is 6.07 Å². The van der Waals surface area contributed by atoms with Gasteiger partial charge in [-0.15, -0.1) is 11.6 Å². The fourth-order valence-corrected chi connectivity index (χ4v) is 1.83. The van der Waals surface area contributed by atoms with Crippen molar-refractivity contribution >= 4 is 11.6 Å². The van der Waals surface area contributed by atoms with Gasteiger partial charge in [0.2, 0.25) is 0 Å². The normalized spacial score (nSPS) is 13.2. The Morgan fingerprint density at radius 3 is 2.73 bits per heavy atom. The van der Waals surface area contributed by atoms with Crippen LogP contribution in [0.1, 0.15) is 18.1 Å². The first-order chi connectivity index (χ1) is 6.99. The van der Waals surface area contributed by atoms with Gasteiger partial charge in [0.05, 0.1) is 0 Å². The molecule has 0 bridgehead atoms. The molecule has 1 aromatic carbocycles. The molecule has 0 aromatic heterocycles. The minimum Gasteiger partial charge on any atom is -0.301 e. The zero-order valence-corrected chi connectivity index (χ0v) is 10.2. The highest BCUT2D eigenvalue weighted by atomic mass is 35.5. The van der Waals surface area contributed by atoms with Gasteiger partial charge in [-0.05, 0) is 44.2 Å². The van der Waals surface area contributed by atoms with Gasteiger partial charge in [-0.3, -0.25) is 0 Å². The van der Waals surface area contributed by atoms with Crippen molar-refractivity contribution in [1.29, 1.82) is 0 Å². The van der Waals surface area contributed by atoms with E-state index in [1.807, 2.05) is 27.0 Å². The van der Waals surface area contributed by atoms with Gasteiger partial charge in [0.25, 0.3) is 0 Å². The molecule has 0 aliphatic carbocycles. The summed E-state index contributed by atoms with van der Waals surface area (Å²) in [5.41, 5.74) is 2.14. The fraction of sp³-hybridized carbons (Fsp3) is 0.500. The highest BCUT2D eigenvalue weighted by molar-refractivity contribution is 6.20. The third-order valence-corrected chi connectivity index (χ3v) is 2.45. The Balaban J connectivity index is 2.67. The standard InChI is InChI=1S/C12H17ClFN/c1-9-4-5-12(14)6-11(9)8-15(3)7-10(2)13/h4-6,10H,7-8H2,1-3H3. The van der Waals surface area contributed by atoms with E-state index in [-0.39, 0.29) is 11.2 Å².